The van der Waals surface area contributed by atoms with Gasteiger partial charge in [-0.25, -0.2) is 4.98 Å². The van der Waals surface area contributed by atoms with E-state index in [1.807, 2.05) is 30.5 Å². The zero-order valence-electron chi connectivity index (χ0n) is 15.9. The van der Waals surface area contributed by atoms with Crippen LogP contribution in [-0.4, -0.2) is 30.1 Å². The first kappa shape index (κ1) is 16.7. The number of rotatable bonds is 3. The zero-order chi connectivity index (χ0) is 20.1. The smallest absolute Gasteiger partial charge is 0.135 e. The molecule has 0 saturated heterocycles. The van der Waals surface area contributed by atoms with E-state index in [2.05, 4.69) is 49.4 Å². The predicted molar refractivity (Wildman–Crippen MR) is 118 cm³/mol. The van der Waals surface area contributed by atoms with Crippen molar-refractivity contribution in [1.82, 2.24) is 30.1 Å². The summed E-state index contributed by atoms with van der Waals surface area (Å²) in [6.45, 7) is 0. The molecule has 0 aromatic carbocycles. The minimum atomic E-state index is 0.604. The van der Waals surface area contributed by atoms with Gasteiger partial charge in [-0.1, -0.05) is 18.2 Å². The van der Waals surface area contributed by atoms with Crippen molar-refractivity contribution in [3.63, 3.8) is 0 Å². The molecule has 0 amide bonds. The van der Waals surface area contributed by atoms with Gasteiger partial charge in [0.2, 0.25) is 0 Å². The molecule has 30 heavy (non-hydrogen) atoms. The molecule has 4 N–H and O–H groups in total. The van der Waals surface area contributed by atoms with E-state index >= 15 is 0 Å². The Kier molecular flexibility index (Phi) is 3.55. The first-order chi connectivity index (χ1) is 14.8. The molecule has 0 fully saturated rings. The second kappa shape index (κ2) is 6.38. The summed E-state index contributed by atoms with van der Waals surface area (Å²) in [7, 11) is 0. The number of fused-ring (bicyclic) bond motifs is 2. The summed E-state index contributed by atoms with van der Waals surface area (Å²) < 4.78 is 0. The topological polar surface area (TPSA) is 109 Å². The van der Waals surface area contributed by atoms with Gasteiger partial charge in [-0.15, -0.1) is 0 Å². The summed E-state index contributed by atoms with van der Waals surface area (Å²) in [4.78, 5) is 17.1. The maximum absolute atomic E-state index is 5.89. The molecule has 0 saturated carbocycles. The lowest BCUT2D eigenvalue weighted by Crippen LogP contribution is -1.90. The lowest BCUT2D eigenvalue weighted by molar-refractivity contribution is 1.12. The average molecular weight is 391 g/mol. The van der Waals surface area contributed by atoms with Crippen LogP contribution < -0.4 is 5.73 Å². The highest BCUT2D eigenvalue weighted by molar-refractivity contribution is 5.99. The number of anilines is 1. The monoisotopic (exact) mass is 391 g/mol. The SMILES string of the molecule is Nc1cncc(-c2ccc3[nH]nc(-c4cc5c(C6=CCC=C6)nccc5[nH]4)c3n2)c1. The summed E-state index contributed by atoms with van der Waals surface area (Å²) in [6.07, 6.45) is 12.6. The lowest BCUT2D eigenvalue weighted by Gasteiger charge is -2.02. The zero-order valence-corrected chi connectivity index (χ0v) is 15.9. The number of nitrogens with one attached hydrogen (secondary N) is 2. The van der Waals surface area contributed by atoms with Gasteiger partial charge in [-0.3, -0.25) is 15.1 Å². The molecule has 7 nitrogen and oxygen atoms in total. The van der Waals surface area contributed by atoms with E-state index in [0.717, 1.165) is 62.3 Å². The van der Waals surface area contributed by atoms with Crippen LogP contribution in [0.15, 0.2) is 67.2 Å². The highest BCUT2D eigenvalue weighted by Crippen LogP contribution is 2.33. The number of hydrogen-bond acceptors (Lipinski definition) is 5. The van der Waals surface area contributed by atoms with Crippen molar-refractivity contribution in [2.45, 2.75) is 6.42 Å². The molecule has 1 aliphatic rings. The molecule has 5 aromatic rings. The molecule has 7 heteroatoms. The van der Waals surface area contributed by atoms with Crippen LogP contribution in [0.2, 0.25) is 0 Å². The second-order valence-electron chi connectivity index (χ2n) is 7.27. The van der Waals surface area contributed by atoms with Crippen molar-refractivity contribution in [1.29, 1.82) is 0 Å². The third-order valence-electron chi connectivity index (χ3n) is 5.31. The predicted octanol–water partition coefficient (Wildman–Crippen LogP) is 4.49. The lowest BCUT2D eigenvalue weighted by atomic mass is 10.1. The Morgan fingerprint density at radius 3 is 2.83 bits per heavy atom. The Morgan fingerprint density at radius 2 is 1.97 bits per heavy atom. The van der Waals surface area contributed by atoms with Crippen LogP contribution in [-0.2, 0) is 0 Å². The number of pyridine rings is 3. The number of H-pyrrole nitrogens is 2. The number of allylic oxidation sites excluding steroid dienone is 4. The van der Waals surface area contributed by atoms with Crippen LogP contribution in [0.1, 0.15) is 12.1 Å². The second-order valence-corrected chi connectivity index (χ2v) is 7.27. The summed E-state index contributed by atoms with van der Waals surface area (Å²) in [5.74, 6) is 0. The Morgan fingerprint density at radius 1 is 1.00 bits per heavy atom. The van der Waals surface area contributed by atoms with Crippen molar-refractivity contribution < 1.29 is 0 Å². The molecule has 6 rings (SSSR count). The minimum Gasteiger partial charge on any atom is -0.397 e. The highest BCUT2D eigenvalue weighted by Gasteiger charge is 2.16. The first-order valence-corrected chi connectivity index (χ1v) is 9.67. The molecular formula is C23H17N7. The number of nitrogens with zero attached hydrogens (tertiary/aromatic N) is 4. The molecule has 144 valence electrons. The molecule has 5 heterocycles. The van der Waals surface area contributed by atoms with Crippen LogP contribution >= 0.6 is 0 Å². The van der Waals surface area contributed by atoms with E-state index < -0.39 is 0 Å². The summed E-state index contributed by atoms with van der Waals surface area (Å²) >= 11 is 0. The highest BCUT2D eigenvalue weighted by atomic mass is 15.1. The standard InChI is InChI=1S/C23H17N7/c24-15-9-14(11-25-12-15)17-5-6-19-22(28-17)23(30-29-19)20-10-16-18(27-20)7-8-26-21(16)13-3-1-2-4-13/h1,3-12,27H,2,24H2,(H,29,30). The Hall–Kier alpha value is -4.26. The van der Waals surface area contributed by atoms with Crippen molar-refractivity contribution in [2.75, 3.05) is 5.73 Å². The van der Waals surface area contributed by atoms with E-state index in [-0.39, 0.29) is 0 Å². The fraction of sp³-hybridized carbons (Fsp3) is 0.0435. The van der Waals surface area contributed by atoms with Crippen molar-refractivity contribution in [2.24, 2.45) is 0 Å². The minimum absolute atomic E-state index is 0.604. The molecule has 0 radical (unpaired) electrons. The molecular weight excluding hydrogens is 374 g/mol. The van der Waals surface area contributed by atoms with E-state index in [4.69, 9.17) is 10.7 Å². The summed E-state index contributed by atoms with van der Waals surface area (Å²) in [6, 6.07) is 9.85. The summed E-state index contributed by atoms with van der Waals surface area (Å²) in [5, 5.41) is 8.68. The van der Waals surface area contributed by atoms with E-state index in [1.165, 1.54) is 0 Å². The van der Waals surface area contributed by atoms with Crippen molar-refractivity contribution in [3.8, 4) is 22.6 Å². The van der Waals surface area contributed by atoms with Crippen LogP contribution in [0, 0.1) is 0 Å². The van der Waals surface area contributed by atoms with Gasteiger partial charge in [0.25, 0.3) is 0 Å². The van der Waals surface area contributed by atoms with Gasteiger partial charge >= 0.3 is 0 Å². The third-order valence-corrected chi connectivity index (χ3v) is 5.31. The van der Waals surface area contributed by atoms with Gasteiger partial charge in [0.1, 0.15) is 11.2 Å². The van der Waals surface area contributed by atoms with Gasteiger partial charge in [0.15, 0.2) is 0 Å². The van der Waals surface area contributed by atoms with E-state index in [0.29, 0.717) is 5.69 Å². The van der Waals surface area contributed by atoms with Crippen LogP contribution in [0.5, 0.6) is 0 Å². The number of aromatic nitrogens is 6. The van der Waals surface area contributed by atoms with Gasteiger partial charge in [-0.05, 0) is 42.3 Å². The van der Waals surface area contributed by atoms with Crippen molar-refractivity contribution in [3.05, 3.63) is 72.8 Å². The number of aromatic amines is 2. The number of hydrogen-bond donors (Lipinski definition) is 3. The van der Waals surface area contributed by atoms with E-state index in [1.54, 1.807) is 12.4 Å². The third kappa shape index (κ3) is 2.60. The van der Waals surface area contributed by atoms with Crippen LogP contribution in [0.25, 0.3) is 50.2 Å². The van der Waals surface area contributed by atoms with Gasteiger partial charge in [-0.2, -0.15) is 5.10 Å². The van der Waals surface area contributed by atoms with Crippen LogP contribution in [0.4, 0.5) is 5.69 Å². The molecule has 5 aromatic heterocycles. The Balaban J connectivity index is 1.51. The molecule has 0 unspecified atom stereocenters. The maximum Gasteiger partial charge on any atom is 0.135 e. The molecule has 0 aliphatic heterocycles. The van der Waals surface area contributed by atoms with Gasteiger partial charge in [0.05, 0.1) is 28.3 Å². The van der Waals surface area contributed by atoms with Crippen molar-refractivity contribution >= 4 is 33.2 Å². The fourth-order valence-corrected chi connectivity index (χ4v) is 3.89. The first-order valence-electron chi connectivity index (χ1n) is 9.67. The molecule has 0 spiro atoms. The largest absolute Gasteiger partial charge is 0.397 e. The molecule has 0 bridgehead atoms. The maximum atomic E-state index is 5.89. The van der Waals surface area contributed by atoms with Gasteiger partial charge < -0.3 is 10.7 Å². The fourth-order valence-electron chi connectivity index (χ4n) is 3.89. The van der Waals surface area contributed by atoms with Gasteiger partial charge in [0, 0.05) is 35.1 Å². The molecule has 0 atom stereocenters. The Labute approximate surface area is 171 Å². The van der Waals surface area contributed by atoms with Crippen LogP contribution in [0.3, 0.4) is 0 Å². The Bertz CT molecular complexity index is 1490. The quantitative estimate of drug-likeness (QED) is 0.420. The average Bonchev–Trinajstić information content (AvgIpc) is 3.51. The van der Waals surface area contributed by atoms with E-state index in [9.17, 15) is 0 Å². The normalized spacial score (nSPS) is 13.4. The number of nitrogen functional groups attached to an aromatic ring is 1. The number of nitrogens with two attached hydrogens (primary N) is 1. The molecule has 1 aliphatic carbocycles. The summed E-state index contributed by atoms with van der Waals surface area (Å²) in [5.41, 5.74) is 14.6.